The molecule has 0 saturated carbocycles. The molecular weight excluding hydrogens is 457 g/mol. The smallest absolute Gasteiger partial charge is 0.270 e. The normalized spacial score (nSPS) is 15.1. The van der Waals surface area contributed by atoms with Crippen molar-refractivity contribution >= 4 is 69.2 Å². The van der Waals surface area contributed by atoms with E-state index in [0.717, 1.165) is 16.8 Å². The Hall–Kier alpha value is -2.31. The van der Waals surface area contributed by atoms with Gasteiger partial charge in [0.05, 0.1) is 10.6 Å². The summed E-state index contributed by atoms with van der Waals surface area (Å²) < 4.78 is 6.49. The molecule has 0 radical (unpaired) electrons. The number of amides is 1. The molecule has 1 aliphatic rings. The van der Waals surface area contributed by atoms with Crippen LogP contribution in [0.3, 0.4) is 0 Å². The summed E-state index contributed by atoms with van der Waals surface area (Å²) in [6, 6.07) is 22.2. The fourth-order valence-electron chi connectivity index (χ4n) is 2.93. The highest BCUT2D eigenvalue weighted by Crippen LogP contribution is 2.37. The van der Waals surface area contributed by atoms with Crippen molar-refractivity contribution in [1.29, 1.82) is 0 Å². The van der Waals surface area contributed by atoms with Crippen molar-refractivity contribution in [2.45, 2.75) is 6.61 Å². The molecule has 3 aromatic carbocycles. The maximum Gasteiger partial charge on any atom is 0.270 e. The van der Waals surface area contributed by atoms with Gasteiger partial charge in [-0.15, -0.1) is 0 Å². The van der Waals surface area contributed by atoms with Gasteiger partial charge in [-0.2, -0.15) is 0 Å². The number of thiocarbonyl (C=S) groups is 1. The molecule has 0 spiro atoms. The van der Waals surface area contributed by atoms with Gasteiger partial charge >= 0.3 is 0 Å². The first kappa shape index (κ1) is 20.9. The average molecular weight is 472 g/mol. The van der Waals surface area contributed by atoms with E-state index in [1.165, 1.54) is 11.8 Å². The number of hydrogen-bond acceptors (Lipinski definition) is 4. The van der Waals surface area contributed by atoms with Crippen LogP contribution in [-0.4, -0.2) is 10.2 Å². The van der Waals surface area contributed by atoms with E-state index in [4.69, 9.17) is 40.2 Å². The molecule has 1 fully saturated rings. The highest BCUT2D eigenvalue weighted by Gasteiger charge is 2.33. The molecule has 0 bridgehead atoms. The summed E-state index contributed by atoms with van der Waals surface area (Å²) in [6.07, 6.45) is 1.81. The highest BCUT2D eigenvalue weighted by molar-refractivity contribution is 8.27. The predicted molar refractivity (Wildman–Crippen MR) is 129 cm³/mol. The lowest BCUT2D eigenvalue weighted by Crippen LogP contribution is -2.27. The molecule has 0 unspecified atom stereocenters. The molecule has 3 aromatic rings. The van der Waals surface area contributed by atoms with Gasteiger partial charge in [-0.25, -0.2) is 0 Å². The zero-order valence-corrected chi connectivity index (χ0v) is 18.7. The number of anilines is 1. The minimum Gasteiger partial charge on any atom is -0.488 e. The van der Waals surface area contributed by atoms with Crippen LogP contribution in [0.5, 0.6) is 5.75 Å². The molecule has 1 amide bonds. The minimum atomic E-state index is -0.147. The Labute approximate surface area is 194 Å². The zero-order valence-electron chi connectivity index (χ0n) is 15.5. The Kier molecular flexibility index (Phi) is 6.44. The first-order valence-corrected chi connectivity index (χ1v) is 11.0. The lowest BCUT2D eigenvalue weighted by molar-refractivity contribution is -0.113. The van der Waals surface area contributed by atoms with Crippen molar-refractivity contribution in [2.75, 3.05) is 4.90 Å². The van der Waals surface area contributed by atoms with Gasteiger partial charge < -0.3 is 4.74 Å². The number of carbonyl (C=O) groups is 1. The van der Waals surface area contributed by atoms with Gasteiger partial charge in [-0.05, 0) is 36.4 Å². The SMILES string of the molecule is O=C1/C(=C\c2ccccc2OCc2ccc(Cl)cc2Cl)SC(=S)N1c1ccccc1. The number of halogens is 2. The number of thioether (sulfide) groups is 1. The first-order chi connectivity index (χ1) is 14.5. The fraction of sp³-hybridized carbons (Fsp3) is 0.0435. The maximum absolute atomic E-state index is 13.0. The molecular formula is C23H15Cl2NO2S2. The topological polar surface area (TPSA) is 29.5 Å². The van der Waals surface area contributed by atoms with Crippen molar-refractivity contribution in [2.24, 2.45) is 0 Å². The van der Waals surface area contributed by atoms with E-state index in [1.54, 1.807) is 23.1 Å². The van der Waals surface area contributed by atoms with Crippen LogP contribution in [0.15, 0.2) is 77.7 Å². The van der Waals surface area contributed by atoms with Crippen LogP contribution in [0.2, 0.25) is 10.0 Å². The standard InChI is InChI=1S/C23H15Cl2NO2S2/c24-17-11-10-16(19(25)13-17)14-28-20-9-5-4-6-15(20)12-21-22(27)26(23(29)30-21)18-7-2-1-3-8-18/h1-13H,14H2/b21-12+. The number of para-hydroxylation sites is 2. The van der Waals surface area contributed by atoms with Crippen molar-refractivity contribution < 1.29 is 9.53 Å². The van der Waals surface area contributed by atoms with Gasteiger partial charge in [-0.1, -0.05) is 89.6 Å². The third-order valence-corrected chi connectivity index (χ3v) is 6.30. The Bertz CT molecular complexity index is 1150. The van der Waals surface area contributed by atoms with Crippen LogP contribution < -0.4 is 9.64 Å². The van der Waals surface area contributed by atoms with Crippen molar-refractivity contribution in [3.63, 3.8) is 0 Å². The Morgan fingerprint density at radius 2 is 1.73 bits per heavy atom. The predicted octanol–water partition coefficient (Wildman–Crippen LogP) is 6.98. The van der Waals surface area contributed by atoms with E-state index in [1.807, 2.05) is 60.7 Å². The van der Waals surface area contributed by atoms with Crippen molar-refractivity contribution in [1.82, 2.24) is 0 Å². The maximum atomic E-state index is 13.0. The third-order valence-electron chi connectivity index (χ3n) is 4.41. The van der Waals surface area contributed by atoms with E-state index in [0.29, 0.717) is 25.0 Å². The summed E-state index contributed by atoms with van der Waals surface area (Å²) in [5.74, 6) is 0.500. The number of hydrogen-bond donors (Lipinski definition) is 0. The summed E-state index contributed by atoms with van der Waals surface area (Å²) in [6.45, 7) is 0.284. The number of ether oxygens (including phenoxy) is 1. The van der Waals surface area contributed by atoms with E-state index in [-0.39, 0.29) is 12.5 Å². The zero-order chi connectivity index (χ0) is 21.1. The highest BCUT2D eigenvalue weighted by atomic mass is 35.5. The van der Waals surface area contributed by atoms with Crippen LogP contribution in [0, 0.1) is 0 Å². The first-order valence-electron chi connectivity index (χ1n) is 9.02. The van der Waals surface area contributed by atoms with Gasteiger partial charge in [0.1, 0.15) is 12.4 Å². The monoisotopic (exact) mass is 471 g/mol. The molecule has 1 saturated heterocycles. The van der Waals surface area contributed by atoms with Crippen molar-refractivity contribution in [3.8, 4) is 5.75 Å². The summed E-state index contributed by atoms with van der Waals surface area (Å²) >= 11 is 18.9. The van der Waals surface area contributed by atoms with Gasteiger partial charge in [0, 0.05) is 21.2 Å². The fourth-order valence-corrected chi connectivity index (χ4v) is 4.69. The largest absolute Gasteiger partial charge is 0.488 e. The summed E-state index contributed by atoms with van der Waals surface area (Å²) in [5, 5.41) is 1.12. The molecule has 0 aliphatic carbocycles. The summed E-state index contributed by atoms with van der Waals surface area (Å²) in [7, 11) is 0. The van der Waals surface area contributed by atoms with E-state index in [2.05, 4.69) is 0 Å². The molecule has 0 aromatic heterocycles. The second kappa shape index (κ2) is 9.23. The summed E-state index contributed by atoms with van der Waals surface area (Å²) in [5.41, 5.74) is 2.37. The van der Waals surface area contributed by atoms with Crippen LogP contribution in [0.1, 0.15) is 11.1 Å². The average Bonchev–Trinajstić information content (AvgIpc) is 3.02. The van der Waals surface area contributed by atoms with E-state index >= 15 is 0 Å². The summed E-state index contributed by atoms with van der Waals surface area (Å²) in [4.78, 5) is 15.1. The molecule has 1 aliphatic heterocycles. The van der Waals surface area contributed by atoms with Crippen molar-refractivity contribution in [3.05, 3.63) is 98.9 Å². The third kappa shape index (κ3) is 4.55. The molecule has 0 N–H and O–H groups in total. The van der Waals surface area contributed by atoms with Crippen LogP contribution in [-0.2, 0) is 11.4 Å². The molecule has 4 rings (SSSR count). The Morgan fingerprint density at radius 3 is 2.50 bits per heavy atom. The molecule has 0 atom stereocenters. The van der Waals surface area contributed by atoms with E-state index in [9.17, 15) is 4.79 Å². The molecule has 150 valence electrons. The Balaban J connectivity index is 1.57. The Morgan fingerprint density at radius 1 is 1.00 bits per heavy atom. The lowest BCUT2D eigenvalue weighted by Gasteiger charge is -2.14. The number of rotatable bonds is 5. The number of benzene rings is 3. The van der Waals surface area contributed by atoms with Gasteiger partial charge in [0.2, 0.25) is 0 Å². The quantitative estimate of drug-likeness (QED) is 0.296. The van der Waals surface area contributed by atoms with Gasteiger partial charge in [0.15, 0.2) is 4.32 Å². The molecule has 1 heterocycles. The minimum absolute atomic E-state index is 0.147. The van der Waals surface area contributed by atoms with Gasteiger partial charge in [0.25, 0.3) is 5.91 Å². The molecule has 3 nitrogen and oxygen atoms in total. The van der Waals surface area contributed by atoms with E-state index < -0.39 is 0 Å². The molecule has 7 heteroatoms. The second-order valence-electron chi connectivity index (χ2n) is 6.41. The second-order valence-corrected chi connectivity index (χ2v) is 8.93. The number of carbonyl (C=O) groups excluding carboxylic acids is 1. The number of nitrogens with zero attached hydrogens (tertiary/aromatic N) is 1. The lowest BCUT2D eigenvalue weighted by atomic mass is 10.1. The van der Waals surface area contributed by atoms with Crippen LogP contribution in [0.25, 0.3) is 6.08 Å². The molecule has 30 heavy (non-hydrogen) atoms. The van der Waals surface area contributed by atoms with Gasteiger partial charge in [-0.3, -0.25) is 9.69 Å². The van der Waals surface area contributed by atoms with Crippen LogP contribution in [0.4, 0.5) is 5.69 Å². The van der Waals surface area contributed by atoms with Crippen LogP contribution >= 0.6 is 47.2 Å².